The molecule has 0 aliphatic carbocycles. The molecule has 230 valence electrons. The number of nitrogens with one attached hydrogen (secondary N) is 1. The minimum absolute atomic E-state index is 0.291. The van der Waals surface area contributed by atoms with Crippen LogP contribution in [0.25, 0.3) is 0 Å². The van der Waals surface area contributed by atoms with Crippen LogP contribution in [0.5, 0.6) is 0 Å². The van der Waals surface area contributed by atoms with Crippen molar-refractivity contribution in [2.45, 2.75) is 167 Å². The van der Waals surface area contributed by atoms with Gasteiger partial charge in [0.15, 0.2) is 0 Å². The lowest BCUT2D eigenvalue weighted by atomic mass is 10.0. The van der Waals surface area contributed by atoms with E-state index in [0.717, 1.165) is 38.5 Å². The molecule has 0 aromatic carbocycles. The van der Waals surface area contributed by atoms with Gasteiger partial charge in [-0.1, -0.05) is 141 Å². The predicted molar refractivity (Wildman–Crippen MR) is 166 cm³/mol. The fourth-order valence-electron chi connectivity index (χ4n) is 4.70. The SMILES string of the molecule is CCCCCCCC/C=C/CC/C=C/C(O)C(CS(=O)(=O)O)NC(=O)CCCCCCCCCCCCCC. The van der Waals surface area contributed by atoms with Crippen LogP contribution in [0.15, 0.2) is 24.3 Å². The maximum absolute atomic E-state index is 12.4. The summed E-state index contributed by atoms with van der Waals surface area (Å²) in [5.74, 6) is -0.998. The summed E-state index contributed by atoms with van der Waals surface area (Å²) in [5, 5.41) is 13.1. The number of amides is 1. The van der Waals surface area contributed by atoms with Crippen molar-refractivity contribution in [1.29, 1.82) is 0 Å². The Morgan fingerprint density at radius 1 is 0.667 bits per heavy atom. The Hall–Kier alpha value is -1.18. The van der Waals surface area contributed by atoms with Gasteiger partial charge in [0.2, 0.25) is 5.91 Å². The maximum Gasteiger partial charge on any atom is 0.267 e. The Morgan fingerprint density at radius 3 is 1.62 bits per heavy atom. The molecule has 0 aromatic rings. The third kappa shape index (κ3) is 28.2. The third-order valence-corrected chi connectivity index (χ3v) is 7.91. The fourth-order valence-corrected chi connectivity index (χ4v) is 5.43. The van der Waals surface area contributed by atoms with E-state index in [1.807, 2.05) is 0 Å². The highest BCUT2D eigenvalue weighted by Crippen LogP contribution is 2.13. The smallest absolute Gasteiger partial charge is 0.267 e. The molecule has 0 rings (SSSR count). The van der Waals surface area contributed by atoms with E-state index in [1.54, 1.807) is 6.08 Å². The van der Waals surface area contributed by atoms with Gasteiger partial charge in [-0.25, -0.2) is 0 Å². The summed E-state index contributed by atoms with van der Waals surface area (Å²) < 4.78 is 32.2. The largest absolute Gasteiger partial charge is 0.387 e. The molecule has 1 amide bonds. The van der Waals surface area contributed by atoms with Gasteiger partial charge < -0.3 is 10.4 Å². The zero-order valence-electron chi connectivity index (χ0n) is 25.3. The van der Waals surface area contributed by atoms with Gasteiger partial charge in [-0.3, -0.25) is 9.35 Å². The molecule has 39 heavy (non-hydrogen) atoms. The minimum atomic E-state index is -4.34. The van der Waals surface area contributed by atoms with Crippen molar-refractivity contribution in [2.75, 3.05) is 5.75 Å². The molecule has 0 aliphatic heterocycles. The van der Waals surface area contributed by atoms with Crippen LogP contribution in [0.4, 0.5) is 0 Å². The lowest BCUT2D eigenvalue weighted by Crippen LogP contribution is -2.46. The quantitative estimate of drug-likeness (QED) is 0.0496. The van der Waals surface area contributed by atoms with Crippen LogP contribution in [-0.2, 0) is 14.9 Å². The van der Waals surface area contributed by atoms with Crippen LogP contribution in [0.2, 0.25) is 0 Å². The van der Waals surface area contributed by atoms with Gasteiger partial charge in [0.25, 0.3) is 10.1 Å². The third-order valence-electron chi connectivity index (χ3n) is 7.13. The van der Waals surface area contributed by atoms with E-state index in [4.69, 9.17) is 0 Å². The number of allylic oxidation sites excluding steroid dienone is 3. The Labute approximate surface area is 241 Å². The predicted octanol–water partition coefficient (Wildman–Crippen LogP) is 8.45. The van der Waals surface area contributed by atoms with E-state index in [1.165, 1.54) is 102 Å². The van der Waals surface area contributed by atoms with Gasteiger partial charge >= 0.3 is 0 Å². The first-order valence-electron chi connectivity index (χ1n) is 16.0. The molecule has 0 saturated heterocycles. The van der Waals surface area contributed by atoms with Crippen molar-refractivity contribution >= 4 is 16.0 Å². The van der Waals surface area contributed by atoms with Gasteiger partial charge in [-0.2, -0.15) is 8.42 Å². The van der Waals surface area contributed by atoms with Gasteiger partial charge in [0.05, 0.1) is 17.9 Å². The monoisotopic (exact) mass is 571 g/mol. The fraction of sp³-hybridized carbons (Fsp3) is 0.844. The molecule has 0 saturated carbocycles. The molecule has 0 bridgehead atoms. The summed E-state index contributed by atoms with van der Waals surface area (Å²) in [6.07, 6.45) is 31.6. The Kier molecular flexibility index (Phi) is 26.2. The maximum atomic E-state index is 12.4. The zero-order chi connectivity index (χ0) is 29.0. The number of aliphatic hydroxyl groups excluding tert-OH is 1. The van der Waals surface area contributed by atoms with Crippen LogP contribution in [0.3, 0.4) is 0 Å². The number of carbonyl (C=O) groups excluding carboxylic acids is 1. The standard InChI is InChI=1S/C32H61NO5S/c1-3-5-7-9-11-13-15-17-19-21-23-25-27-31(34)30(29-39(36,37)38)33-32(35)28-26-24-22-20-18-16-14-12-10-8-6-4-2/h17,19,25,27,30-31,34H,3-16,18,20-24,26,28-29H2,1-2H3,(H,33,35)(H,36,37,38)/b19-17+,27-25+. The summed E-state index contributed by atoms with van der Waals surface area (Å²) in [6, 6.07) is -1.07. The van der Waals surface area contributed by atoms with Crippen molar-refractivity contribution in [1.82, 2.24) is 5.32 Å². The summed E-state index contributed by atoms with van der Waals surface area (Å²) >= 11 is 0. The number of hydrogen-bond acceptors (Lipinski definition) is 4. The van der Waals surface area contributed by atoms with Crippen molar-refractivity contribution in [3.05, 3.63) is 24.3 Å². The molecule has 0 radical (unpaired) electrons. The molecule has 0 fully saturated rings. The van der Waals surface area contributed by atoms with Crippen LogP contribution in [0, 0.1) is 0 Å². The molecule has 2 unspecified atom stereocenters. The molecule has 0 aliphatic rings. The molecular weight excluding hydrogens is 510 g/mol. The van der Waals surface area contributed by atoms with E-state index in [9.17, 15) is 22.9 Å². The lowest BCUT2D eigenvalue weighted by Gasteiger charge is -2.21. The van der Waals surface area contributed by atoms with Gasteiger partial charge in [-0.15, -0.1) is 0 Å². The molecule has 6 nitrogen and oxygen atoms in total. The molecule has 7 heteroatoms. The first-order valence-corrected chi connectivity index (χ1v) is 17.6. The first-order chi connectivity index (χ1) is 18.8. The lowest BCUT2D eigenvalue weighted by molar-refractivity contribution is -0.122. The molecule has 3 N–H and O–H groups in total. The van der Waals surface area contributed by atoms with Crippen LogP contribution in [0.1, 0.15) is 155 Å². The van der Waals surface area contributed by atoms with Gasteiger partial charge in [-0.05, 0) is 32.1 Å². The van der Waals surface area contributed by atoms with E-state index in [-0.39, 0.29) is 5.91 Å². The normalized spacial score (nSPS) is 13.8. The molecular formula is C32H61NO5S. The summed E-state index contributed by atoms with van der Waals surface area (Å²) in [4.78, 5) is 12.4. The topological polar surface area (TPSA) is 104 Å². The second-order valence-electron chi connectivity index (χ2n) is 11.1. The molecule has 0 aromatic heterocycles. The number of unbranched alkanes of at least 4 members (excludes halogenated alkanes) is 18. The zero-order valence-corrected chi connectivity index (χ0v) is 26.1. The minimum Gasteiger partial charge on any atom is -0.387 e. The Balaban J connectivity index is 4.12. The number of aliphatic hydroxyl groups is 1. The average molecular weight is 572 g/mol. The number of rotatable bonds is 28. The average Bonchev–Trinajstić information content (AvgIpc) is 2.88. The van der Waals surface area contributed by atoms with Crippen molar-refractivity contribution in [3.8, 4) is 0 Å². The van der Waals surface area contributed by atoms with Crippen molar-refractivity contribution < 1.29 is 22.9 Å². The highest BCUT2D eigenvalue weighted by atomic mass is 32.2. The van der Waals surface area contributed by atoms with Crippen LogP contribution in [-0.4, -0.2) is 41.9 Å². The Morgan fingerprint density at radius 2 is 1.10 bits per heavy atom. The van der Waals surface area contributed by atoms with Gasteiger partial charge in [0.1, 0.15) is 0 Å². The van der Waals surface area contributed by atoms with Crippen molar-refractivity contribution in [3.63, 3.8) is 0 Å². The second-order valence-corrected chi connectivity index (χ2v) is 12.6. The van der Waals surface area contributed by atoms with E-state index >= 15 is 0 Å². The summed E-state index contributed by atoms with van der Waals surface area (Å²) in [5.41, 5.74) is 0. The van der Waals surface area contributed by atoms with Crippen molar-refractivity contribution in [2.24, 2.45) is 0 Å². The molecule has 0 heterocycles. The van der Waals surface area contributed by atoms with Crippen LogP contribution < -0.4 is 5.32 Å². The number of carbonyl (C=O) groups is 1. The highest BCUT2D eigenvalue weighted by molar-refractivity contribution is 7.85. The first kappa shape index (κ1) is 37.8. The van der Waals surface area contributed by atoms with E-state index in [2.05, 4.69) is 31.3 Å². The van der Waals surface area contributed by atoms with E-state index in [0.29, 0.717) is 6.42 Å². The van der Waals surface area contributed by atoms with E-state index < -0.39 is 28.0 Å². The summed E-state index contributed by atoms with van der Waals surface area (Å²) in [6.45, 7) is 4.46. The molecule has 0 spiro atoms. The highest BCUT2D eigenvalue weighted by Gasteiger charge is 2.24. The summed E-state index contributed by atoms with van der Waals surface area (Å²) in [7, 11) is -4.34. The van der Waals surface area contributed by atoms with Gasteiger partial charge in [0, 0.05) is 6.42 Å². The Bertz CT molecular complexity index is 720. The van der Waals surface area contributed by atoms with Crippen LogP contribution >= 0.6 is 0 Å². The second kappa shape index (κ2) is 27.0. The number of hydrogen-bond donors (Lipinski definition) is 3. The molecule has 2 atom stereocenters.